The van der Waals surface area contributed by atoms with E-state index in [1.807, 2.05) is 6.92 Å². The molecule has 41 heavy (non-hydrogen) atoms. The van der Waals surface area contributed by atoms with Gasteiger partial charge < -0.3 is 25.4 Å². The van der Waals surface area contributed by atoms with Gasteiger partial charge in [-0.05, 0) is 81.1 Å². The Kier molecular flexibility index (Phi) is 6.50. The van der Waals surface area contributed by atoms with Crippen LogP contribution in [0.2, 0.25) is 0 Å². The molecule has 9 nitrogen and oxygen atoms in total. The first kappa shape index (κ1) is 26.4. The van der Waals surface area contributed by atoms with Crippen LogP contribution in [0.5, 0.6) is 11.8 Å². The van der Waals surface area contributed by atoms with Gasteiger partial charge in [0.1, 0.15) is 29.6 Å². The molecule has 4 aliphatic heterocycles. The topological polar surface area (TPSA) is 108 Å². The highest BCUT2D eigenvalue weighted by atomic mass is 19.1. The van der Waals surface area contributed by atoms with Gasteiger partial charge in [-0.3, -0.25) is 9.69 Å². The zero-order chi connectivity index (χ0) is 28.3. The summed E-state index contributed by atoms with van der Waals surface area (Å²) >= 11 is 0. The number of piperidine rings is 1. The number of anilines is 2. The van der Waals surface area contributed by atoms with E-state index in [2.05, 4.69) is 9.80 Å². The Morgan fingerprint density at radius 1 is 1.12 bits per heavy atom. The van der Waals surface area contributed by atoms with Gasteiger partial charge in [-0.25, -0.2) is 4.39 Å². The van der Waals surface area contributed by atoms with E-state index in [1.54, 1.807) is 23.1 Å². The molecular formula is C31H37FN6O3. The number of aryl methyl sites for hydroxylation is 1. The third kappa shape index (κ3) is 4.39. The summed E-state index contributed by atoms with van der Waals surface area (Å²) in [7, 11) is 0. The number of phenols is 1. The fourth-order valence-corrected chi connectivity index (χ4v) is 7.46. The van der Waals surface area contributed by atoms with E-state index in [9.17, 15) is 14.3 Å². The van der Waals surface area contributed by atoms with Gasteiger partial charge in [0.25, 0.3) is 5.91 Å². The van der Waals surface area contributed by atoms with Crippen molar-refractivity contribution >= 4 is 28.2 Å². The molecule has 0 spiro atoms. The number of fused-ring (bicyclic) bond motifs is 3. The third-order valence-corrected chi connectivity index (χ3v) is 9.61. The number of phenolic OH excluding ortho intramolecular Hbond substituents is 1. The number of amides is 1. The van der Waals surface area contributed by atoms with Gasteiger partial charge in [-0.1, -0.05) is 13.0 Å². The van der Waals surface area contributed by atoms with Gasteiger partial charge in [-0.2, -0.15) is 9.97 Å². The van der Waals surface area contributed by atoms with Crippen LogP contribution in [0.1, 0.15) is 67.1 Å². The summed E-state index contributed by atoms with van der Waals surface area (Å²) in [5, 5.41) is 11.9. The molecule has 1 amide bonds. The minimum absolute atomic E-state index is 0.0159. The molecule has 3 N–H and O–H groups in total. The maximum atomic E-state index is 14.9. The molecule has 7 rings (SSSR count). The van der Waals surface area contributed by atoms with Crippen molar-refractivity contribution < 1.29 is 19.0 Å². The summed E-state index contributed by atoms with van der Waals surface area (Å²) in [6.07, 6.45) is 6.64. The lowest BCUT2D eigenvalue weighted by molar-refractivity contribution is 0.0996. The van der Waals surface area contributed by atoms with Gasteiger partial charge in [0.2, 0.25) is 0 Å². The van der Waals surface area contributed by atoms with Crippen molar-refractivity contribution in [2.24, 2.45) is 5.73 Å². The molecule has 0 saturated carbocycles. The number of carbonyl (C=O) groups is 1. The van der Waals surface area contributed by atoms with E-state index < -0.39 is 0 Å². The summed E-state index contributed by atoms with van der Waals surface area (Å²) in [6.45, 7) is 6.20. The van der Waals surface area contributed by atoms with Crippen molar-refractivity contribution in [3.63, 3.8) is 0 Å². The van der Waals surface area contributed by atoms with Crippen LogP contribution in [0, 0.1) is 5.82 Å². The minimum atomic E-state index is -0.329. The number of benzene rings is 2. The lowest BCUT2D eigenvalue weighted by Crippen LogP contribution is -2.43. The maximum absolute atomic E-state index is 14.9. The van der Waals surface area contributed by atoms with Gasteiger partial charge >= 0.3 is 6.01 Å². The molecule has 2 aromatic carbocycles. The number of halogens is 1. The van der Waals surface area contributed by atoms with Gasteiger partial charge in [0, 0.05) is 30.6 Å². The van der Waals surface area contributed by atoms with E-state index in [-0.39, 0.29) is 41.6 Å². The number of hydrogen-bond donors (Lipinski definition) is 2. The van der Waals surface area contributed by atoms with E-state index in [4.69, 9.17) is 20.4 Å². The summed E-state index contributed by atoms with van der Waals surface area (Å²) < 4.78 is 21.3. The van der Waals surface area contributed by atoms with Crippen LogP contribution >= 0.6 is 0 Å². The van der Waals surface area contributed by atoms with Crippen molar-refractivity contribution in [1.29, 1.82) is 0 Å². The molecule has 10 heteroatoms. The smallest absolute Gasteiger partial charge is 0.318 e. The molecule has 0 radical (unpaired) electrons. The van der Waals surface area contributed by atoms with E-state index >= 15 is 0 Å². The van der Waals surface area contributed by atoms with Crippen molar-refractivity contribution in [3.05, 3.63) is 46.9 Å². The first-order valence-corrected chi connectivity index (χ1v) is 14.9. The standard InChI is InChI=1S/C31H37FN6O3/c1-2-22-23(32)6-5-19-15-21(39)16-25(26(19)22)38-17-24-27(29(38)40)28(36-13-7-20(33)8-14-36)35-30(34-24)41-18-31-9-3-11-37(31)12-4-10-31/h5-6,15-16,20,39H,2-4,7-14,17-18,33H2,1H3. The second-order valence-corrected chi connectivity index (χ2v) is 12.0. The Balaban J connectivity index is 1.29. The summed E-state index contributed by atoms with van der Waals surface area (Å²) in [6, 6.07) is 6.62. The highest BCUT2D eigenvalue weighted by Crippen LogP contribution is 2.42. The number of aromatic hydroxyl groups is 1. The zero-order valence-corrected chi connectivity index (χ0v) is 23.5. The Bertz CT molecular complexity index is 1510. The average Bonchev–Trinajstić information content (AvgIpc) is 3.64. The van der Waals surface area contributed by atoms with Crippen LogP contribution in [-0.4, -0.2) is 70.2 Å². The molecule has 3 aromatic rings. The van der Waals surface area contributed by atoms with E-state index in [0.29, 0.717) is 65.2 Å². The first-order valence-electron chi connectivity index (χ1n) is 14.9. The van der Waals surface area contributed by atoms with Crippen LogP contribution < -0.4 is 20.3 Å². The summed E-state index contributed by atoms with van der Waals surface area (Å²) in [5.74, 6) is 0.000291. The fourth-order valence-electron chi connectivity index (χ4n) is 7.46. The van der Waals surface area contributed by atoms with Crippen LogP contribution in [-0.2, 0) is 13.0 Å². The molecule has 1 aromatic heterocycles. The normalized spacial score (nSPS) is 20.7. The number of nitrogens with two attached hydrogens (primary N) is 1. The monoisotopic (exact) mass is 560 g/mol. The van der Waals surface area contributed by atoms with E-state index in [0.717, 1.165) is 38.8 Å². The molecule has 0 atom stereocenters. The number of carbonyl (C=O) groups excluding carboxylic acids is 1. The van der Waals surface area contributed by atoms with Gasteiger partial charge in [-0.15, -0.1) is 0 Å². The Hall–Kier alpha value is -3.50. The quantitative estimate of drug-likeness (QED) is 0.464. The van der Waals surface area contributed by atoms with Crippen LogP contribution in [0.15, 0.2) is 24.3 Å². The second-order valence-electron chi connectivity index (χ2n) is 12.0. The minimum Gasteiger partial charge on any atom is -0.508 e. The van der Waals surface area contributed by atoms with Crippen LogP contribution in [0.4, 0.5) is 15.9 Å². The SMILES string of the molecule is CCc1c(F)ccc2cc(O)cc(N3Cc4nc(OCC56CCCN5CCC6)nc(N5CCC(N)CC5)c4C3=O)c12. The predicted octanol–water partition coefficient (Wildman–Crippen LogP) is 4.13. The molecule has 3 fully saturated rings. The molecule has 5 heterocycles. The first-order chi connectivity index (χ1) is 19.9. The fraction of sp³-hybridized carbons (Fsp3) is 0.516. The Labute approximate surface area is 239 Å². The Morgan fingerprint density at radius 3 is 2.61 bits per heavy atom. The zero-order valence-electron chi connectivity index (χ0n) is 23.5. The molecule has 0 aliphatic carbocycles. The highest BCUT2D eigenvalue weighted by Gasteiger charge is 2.45. The van der Waals surface area contributed by atoms with Crippen molar-refractivity contribution in [2.45, 2.75) is 70.0 Å². The number of ether oxygens (including phenoxy) is 1. The predicted molar refractivity (Wildman–Crippen MR) is 155 cm³/mol. The maximum Gasteiger partial charge on any atom is 0.318 e. The number of hydrogen-bond acceptors (Lipinski definition) is 8. The Morgan fingerprint density at radius 2 is 1.88 bits per heavy atom. The molecule has 0 bridgehead atoms. The largest absolute Gasteiger partial charge is 0.508 e. The molecular weight excluding hydrogens is 523 g/mol. The van der Waals surface area contributed by atoms with E-state index in [1.165, 1.54) is 18.9 Å². The lowest BCUT2D eigenvalue weighted by atomic mass is 9.95. The van der Waals surface area contributed by atoms with Crippen molar-refractivity contribution in [1.82, 2.24) is 14.9 Å². The number of nitrogens with zero attached hydrogens (tertiary/aromatic N) is 5. The van der Waals surface area contributed by atoms with Crippen LogP contribution in [0.3, 0.4) is 0 Å². The van der Waals surface area contributed by atoms with Gasteiger partial charge in [0.15, 0.2) is 0 Å². The molecule has 0 unspecified atom stereocenters. The average molecular weight is 561 g/mol. The van der Waals surface area contributed by atoms with Crippen LogP contribution in [0.25, 0.3) is 10.8 Å². The lowest BCUT2D eigenvalue weighted by Gasteiger charge is -2.33. The summed E-state index contributed by atoms with van der Waals surface area (Å²) in [5.41, 5.74) is 8.26. The number of aromatic nitrogens is 2. The van der Waals surface area contributed by atoms with Gasteiger partial charge in [0.05, 0.1) is 23.5 Å². The second kappa shape index (κ2) is 10.1. The number of rotatable bonds is 6. The molecule has 3 saturated heterocycles. The van der Waals surface area contributed by atoms with Crippen molar-refractivity contribution in [3.8, 4) is 11.8 Å². The van der Waals surface area contributed by atoms with Crippen molar-refractivity contribution in [2.75, 3.05) is 42.6 Å². The molecule has 4 aliphatic rings. The molecule has 216 valence electrons. The summed E-state index contributed by atoms with van der Waals surface area (Å²) in [4.78, 5) is 30.0. The third-order valence-electron chi connectivity index (χ3n) is 9.61. The highest BCUT2D eigenvalue weighted by molar-refractivity contribution is 6.16.